The Bertz CT molecular complexity index is 513. The van der Waals surface area contributed by atoms with E-state index in [2.05, 4.69) is 0 Å². The second kappa shape index (κ2) is 5.11. The molecule has 6 nitrogen and oxygen atoms in total. The Morgan fingerprint density at radius 2 is 2.12 bits per heavy atom. The minimum absolute atomic E-state index is 0.218. The van der Waals surface area contributed by atoms with E-state index < -0.39 is 41.1 Å². The summed E-state index contributed by atoms with van der Waals surface area (Å²) in [5.41, 5.74) is 5.87. The van der Waals surface area contributed by atoms with Crippen molar-refractivity contribution in [1.82, 2.24) is 0 Å². The van der Waals surface area contributed by atoms with Gasteiger partial charge in [-0.3, -0.25) is 0 Å². The summed E-state index contributed by atoms with van der Waals surface area (Å²) in [4.78, 5) is 10.4. The van der Waals surface area contributed by atoms with Crippen LogP contribution in [-0.2, 0) is 42.6 Å². The number of hydrogen-bond donors (Lipinski definition) is 2. The van der Waals surface area contributed by atoms with Crippen molar-refractivity contribution in [1.29, 1.82) is 0 Å². The number of carbonyl (C=O) groups excluding carboxylic acids is 1. The topological polar surface area (TPSA) is 107 Å². The van der Waals surface area contributed by atoms with Crippen molar-refractivity contribution in [3.05, 3.63) is 18.2 Å². The molecule has 0 unspecified atom stereocenters. The Kier molecular flexibility index (Phi) is 4.28. The maximum atomic E-state index is 11.0. The number of nitrogen functional groups attached to an aromatic ring is 1. The predicted molar refractivity (Wildman–Crippen MR) is 52.1 cm³/mol. The van der Waals surface area contributed by atoms with Gasteiger partial charge < -0.3 is 0 Å². The molecule has 0 saturated carbocycles. The van der Waals surface area contributed by atoms with Crippen LogP contribution < -0.4 is 8.81 Å². The van der Waals surface area contributed by atoms with Crippen LogP contribution in [0.25, 0.3) is 0 Å². The van der Waals surface area contributed by atoms with E-state index in [0.717, 1.165) is 0 Å². The van der Waals surface area contributed by atoms with Crippen molar-refractivity contribution in [2.45, 2.75) is 11.8 Å². The molecule has 0 atom stereocenters. The summed E-state index contributed by atoms with van der Waals surface area (Å²) in [5, 5.41) is 0. The zero-order valence-corrected chi connectivity index (χ0v) is 14.8. The van der Waals surface area contributed by atoms with Crippen LogP contribution in [0.1, 0.15) is 6.92 Å². The van der Waals surface area contributed by atoms with Gasteiger partial charge in [0.1, 0.15) is 0 Å². The van der Waals surface area contributed by atoms with E-state index in [1.807, 2.05) is 0 Å². The Balaban J connectivity index is 3.14. The van der Waals surface area contributed by atoms with E-state index in [1.54, 1.807) is 0 Å². The second-order valence-electron chi connectivity index (χ2n) is 3.12. The van der Waals surface area contributed by atoms with Gasteiger partial charge in [-0.05, 0) is 0 Å². The van der Waals surface area contributed by atoms with Gasteiger partial charge in [-0.2, -0.15) is 0 Å². The Hall–Kier alpha value is -0.665. The van der Waals surface area contributed by atoms with Crippen LogP contribution in [0.15, 0.2) is 23.1 Å². The molecule has 0 spiro atoms. The number of anilines is 1. The third kappa shape index (κ3) is 3.73. The normalized spacial score (nSPS) is 10.6. The molecule has 0 amide bonds. The van der Waals surface area contributed by atoms with Crippen LogP contribution in [0.4, 0.5) is 5.69 Å². The van der Waals surface area contributed by atoms with E-state index in [-0.39, 0.29) is 4.90 Å². The molecule has 8 heteroatoms. The zero-order chi connectivity index (χ0) is 12.3. The summed E-state index contributed by atoms with van der Waals surface area (Å²) in [6.07, 6.45) is 0. The summed E-state index contributed by atoms with van der Waals surface area (Å²) < 4.78 is 36.2. The number of rotatable bonds is 3. The molecule has 0 aliphatic carbocycles. The third-order valence-electron chi connectivity index (χ3n) is 1.79. The molecule has 1 aromatic carbocycles. The van der Waals surface area contributed by atoms with Gasteiger partial charge in [-0.25, -0.2) is 0 Å². The first-order valence-corrected chi connectivity index (χ1v) is 10.7. The summed E-state index contributed by atoms with van der Waals surface area (Å²) in [6.45, 7) is 1.25. The summed E-state index contributed by atoms with van der Waals surface area (Å²) >= 11 is -2.34. The van der Waals surface area contributed by atoms with Gasteiger partial charge >= 0.3 is 106 Å². The molecule has 16 heavy (non-hydrogen) atoms. The first kappa shape index (κ1) is 13.4. The van der Waals surface area contributed by atoms with Gasteiger partial charge in [-0.1, -0.05) is 0 Å². The van der Waals surface area contributed by atoms with E-state index in [4.69, 9.17) is 12.9 Å². The number of nitrogens with two attached hydrogens (primary N) is 1. The Morgan fingerprint density at radius 3 is 2.62 bits per heavy atom. The van der Waals surface area contributed by atoms with Gasteiger partial charge in [0.25, 0.3) is 0 Å². The quantitative estimate of drug-likeness (QED) is 0.387. The minimum atomic E-state index is -4.29. The van der Waals surface area contributed by atoms with Crippen LogP contribution in [0, 0.1) is 0 Å². The second-order valence-corrected chi connectivity index (χ2v) is 9.72. The van der Waals surface area contributed by atoms with Crippen LogP contribution in [0.5, 0.6) is 0 Å². The first-order chi connectivity index (χ1) is 7.30. The molecule has 0 heterocycles. The van der Waals surface area contributed by atoms with Crippen LogP contribution in [0.3, 0.4) is 0 Å². The van der Waals surface area contributed by atoms with Gasteiger partial charge in [-0.15, -0.1) is 0 Å². The number of benzene rings is 1. The monoisotopic (exact) mass is 433 g/mol. The molecule has 1 aromatic rings. The molecule has 0 saturated heterocycles. The molecular weight excluding hydrogens is 423 g/mol. The predicted octanol–water partition coefficient (Wildman–Crippen LogP) is -0.299. The SMILES string of the molecule is CC(=O)[O][Hg][c]1cc(N)ccc1S(=O)(=O)O. The molecule has 0 radical (unpaired) electrons. The molecule has 0 aliphatic rings. The van der Waals surface area contributed by atoms with Crippen molar-refractivity contribution in [3.63, 3.8) is 0 Å². The molecule has 0 aliphatic heterocycles. The Morgan fingerprint density at radius 1 is 1.50 bits per heavy atom. The van der Waals surface area contributed by atoms with Crippen LogP contribution in [-0.4, -0.2) is 18.9 Å². The standard InChI is InChI=1S/C6H6NO3S.C2H4O2.Hg/c7-5-1-3-6(4-2-5)11(8,9)10;1-2(3)4;/h1-3H,7H2,(H,8,9,10);1H3,(H,3,4);/q;;+1/p-1. The van der Waals surface area contributed by atoms with E-state index in [0.29, 0.717) is 8.76 Å². The van der Waals surface area contributed by atoms with E-state index in [9.17, 15) is 13.2 Å². The molecule has 0 bridgehead atoms. The average molecular weight is 432 g/mol. The van der Waals surface area contributed by atoms with Crippen molar-refractivity contribution in [3.8, 4) is 0 Å². The summed E-state index contributed by atoms with van der Waals surface area (Å²) in [6, 6.07) is 4.01. The van der Waals surface area contributed by atoms with E-state index >= 15 is 0 Å². The maximum absolute atomic E-state index is 11.0. The van der Waals surface area contributed by atoms with Gasteiger partial charge in [0.2, 0.25) is 0 Å². The molecular formula is C8H9HgNO5S. The fourth-order valence-corrected chi connectivity index (χ4v) is 8.06. The summed E-state index contributed by atoms with van der Waals surface area (Å²) in [5.74, 6) is -0.453. The Labute approximate surface area is 106 Å². The molecule has 0 fully saturated rings. The molecule has 1 rings (SSSR count). The molecule has 0 aromatic heterocycles. The molecule has 3 N–H and O–H groups in total. The van der Waals surface area contributed by atoms with Gasteiger partial charge in [0.15, 0.2) is 0 Å². The molecule has 84 valence electrons. The average Bonchev–Trinajstić information content (AvgIpc) is 2.12. The third-order valence-corrected chi connectivity index (χ3v) is 9.37. The van der Waals surface area contributed by atoms with E-state index in [1.165, 1.54) is 25.1 Å². The van der Waals surface area contributed by atoms with Crippen LogP contribution >= 0.6 is 0 Å². The van der Waals surface area contributed by atoms with Crippen molar-refractivity contribution < 1.29 is 45.4 Å². The van der Waals surface area contributed by atoms with Crippen molar-refractivity contribution in [2.75, 3.05) is 5.73 Å². The fourth-order valence-electron chi connectivity index (χ4n) is 1.14. The fraction of sp³-hybridized carbons (Fsp3) is 0.125. The number of carbonyl (C=O) groups is 1. The van der Waals surface area contributed by atoms with Crippen LogP contribution in [0.2, 0.25) is 0 Å². The number of hydrogen-bond acceptors (Lipinski definition) is 5. The van der Waals surface area contributed by atoms with Gasteiger partial charge in [0, 0.05) is 0 Å². The zero-order valence-electron chi connectivity index (χ0n) is 8.50. The van der Waals surface area contributed by atoms with Crippen molar-refractivity contribution >= 4 is 24.8 Å². The van der Waals surface area contributed by atoms with Gasteiger partial charge in [0.05, 0.1) is 0 Å². The first-order valence-electron chi connectivity index (χ1n) is 4.30. The van der Waals surface area contributed by atoms with Crippen molar-refractivity contribution in [2.24, 2.45) is 0 Å². The summed E-state index contributed by atoms with van der Waals surface area (Å²) in [7, 11) is -4.29.